The van der Waals surface area contributed by atoms with Gasteiger partial charge in [-0.25, -0.2) is 0 Å². The summed E-state index contributed by atoms with van der Waals surface area (Å²) in [4.78, 5) is 0. The van der Waals surface area contributed by atoms with E-state index < -0.39 is 0 Å². The summed E-state index contributed by atoms with van der Waals surface area (Å²) in [6.07, 6.45) is 4.08. The average Bonchev–Trinajstić information content (AvgIpc) is 1.75. The fraction of sp³-hybridized carbons (Fsp3) is 1.00. The molecule has 0 aromatic carbocycles. The first-order chi connectivity index (χ1) is 3.41. The molecule has 0 amide bonds. The van der Waals surface area contributed by atoms with Crippen LogP contribution in [0.1, 0.15) is 33.1 Å². The summed E-state index contributed by atoms with van der Waals surface area (Å²) < 4.78 is 8.28. The van der Waals surface area contributed by atoms with Crippen molar-refractivity contribution in [3.05, 3.63) is 0 Å². The van der Waals surface area contributed by atoms with E-state index in [1.165, 1.54) is 19.3 Å². The van der Waals surface area contributed by atoms with E-state index in [2.05, 4.69) is 13.8 Å². The summed E-state index contributed by atoms with van der Waals surface area (Å²) in [6, 6.07) is 0. The third-order valence-electron chi connectivity index (χ3n) is 0.707. The van der Waals surface area contributed by atoms with E-state index in [4.69, 9.17) is 3.80 Å². The van der Waals surface area contributed by atoms with Crippen molar-refractivity contribution in [3.8, 4) is 0 Å². The van der Waals surface area contributed by atoms with Crippen LogP contribution in [0.5, 0.6) is 0 Å². The van der Waals surface area contributed by atoms with Crippen molar-refractivity contribution < 1.29 is 3.80 Å². The zero-order chi connectivity index (χ0) is 6.12. The predicted molar refractivity (Wildman–Crippen MR) is 33.0 cm³/mol. The Kier molecular flexibility index (Phi) is 24.0. The molecule has 1 nitrogen and oxygen atoms in total. The molecule has 0 aliphatic heterocycles. The second-order valence-electron chi connectivity index (χ2n) is 1.35. The third-order valence-corrected chi connectivity index (χ3v) is 0.707. The quantitative estimate of drug-likeness (QED) is 0.499. The molecule has 0 bridgehead atoms. The third kappa shape index (κ3) is 21.8. The molecule has 7 heavy (non-hydrogen) atoms. The van der Waals surface area contributed by atoms with E-state index in [9.17, 15) is 0 Å². The molecule has 0 radical (unpaired) electrons. The van der Waals surface area contributed by atoms with Crippen LogP contribution in [0.3, 0.4) is 0 Å². The summed E-state index contributed by atoms with van der Waals surface area (Å²) in [5.41, 5.74) is 0. The Labute approximate surface area is 53.7 Å². The number of unbranched alkanes of at least 4 members (excludes halogenated alkanes) is 2. The van der Waals surface area contributed by atoms with Gasteiger partial charge in [0.25, 0.3) is 0 Å². The van der Waals surface area contributed by atoms with Gasteiger partial charge >= 0.3 is 20.0 Å². The van der Waals surface area contributed by atoms with Gasteiger partial charge in [-0.05, 0) is 0 Å². The van der Waals surface area contributed by atoms with Gasteiger partial charge in [-0.2, -0.15) is 0 Å². The Morgan fingerprint density at radius 3 is 1.43 bits per heavy atom. The van der Waals surface area contributed by atoms with Gasteiger partial charge in [0, 0.05) is 0 Å². The molecule has 0 atom stereocenters. The van der Waals surface area contributed by atoms with Crippen LogP contribution >= 0.6 is 0 Å². The zero-order valence-corrected chi connectivity index (χ0v) is 6.65. The van der Waals surface area contributed by atoms with Crippen LogP contribution in [0.15, 0.2) is 0 Å². The van der Waals surface area contributed by atoms with Gasteiger partial charge in [0.1, 0.15) is 0 Å². The summed E-state index contributed by atoms with van der Waals surface area (Å²) in [5.74, 6) is 0. The fourth-order valence-corrected chi connectivity index (χ4v) is 0.354. The van der Waals surface area contributed by atoms with Gasteiger partial charge in [0.2, 0.25) is 0 Å². The van der Waals surface area contributed by atoms with Crippen molar-refractivity contribution in [1.29, 1.82) is 0 Å². The van der Waals surface area contributed by atoms with E-state index in [0.717, 1.165) is 0 Å². The standard InChI is InChI=1S/C5H12.Al.O.H/c1-3-5-4-2;;;/h3-5H2,1-2H3;;;. The SMILES string of the molecule is CCCCC.[O]=[AlH]. The van der Waals surface area contributed by atoms with Crippen molar-refractivity contribution in [2.75, 3.05) is 0 Å². The Hall–Kier alpha value is 0.332. The molecule has 0 spiro atoms. The average molecular weight is 116 g/mol. The molecule has 0 saturated carbocycles. The van der Waals surface area contributed by atoms with E-state index in [0.29, 0.717) is 16.2 Å². The molecule has 0 N–H and O–H groups in total. The van der Waals surface area contributed by atoms with E-state index in [1.807, 2.05) is 0 Å². The van der Waals surface area contributed by atoms with E-state index >= 15 is 0 Å². The number of rotatable bonds is 2. The van der Waals surface area contributed by atoms with Crippen molar-refractivity contribution in [2.45, 2.75) is 33.1 Å². The fourth-order valence-electron chi connectivity index (χ4n) is 0.354. The van der Waals surface area contributed by atoms with Crippen LogP contribution in [0, 0.1) is 0 Å². The van der Waals surface area contributed by atoms with Crippen LogP contribution in [-0.2, 0) is 3.80 Å². The van der Waals surface area contributed by atoms with Crippen LogP contribution in [0.4, 0.5) is 0 Å². The maximum atomic E-state index is 8.28. The molecule has 0 fully saturated rings. The minimum absolute atomic E-state index is 0.611. The molecule has 0 unspecified atom stereocenters. The zero-order valence-electron chi connectivity index (χ0n) is 5.24. The van der Waals surface area contributed by atoms with Gasteiger partial charge in [-0.3, -0.25) is 0 Å². The molecule has 0 heterocycles. The molecule has 0 aromatic heterocycles. The Balaban J connectivity index is 0. The first-order valence-electron chi connectivity index (χ1n) is 2.70. The molecule has 0 saturated heterocycles. The molecule has 0 aliphatic rings. The van der Waals surface area contributed by atoms with Gasteiger partial charge < -0.3 is 0 Å². The summed E-state index contributed by atoms with van der Waals surface area (Å²) >= 11 is 0.611. The first-order valence-corrected chi connectivity index (χ1v) is 3.28. The van der Waals surface area contributed by atoms with Crippen LogP contribution in [0.2, 0.25) is 0 Å². The van der Waals surface area contributed by atoms with Crippen molar-refractivity contribution in [2.24, 2.45) is 0 Å². The second kappa shape index (κ2) is 16.2. The van der Waals surface area contributed by atoms with Crippen molar-refractivity contribution in [3.63, 3.8) is 0 Å². The summed E-state index contributed by atoms with van der Waals surface area (Å²) in [7, 11) is 0. The molecular formula is C5H13AlO. The molecule has 0 aromatic rings. The number of hydrogen-bond acceptors (Lipinski definition) is 1. The van der Waals surface area contributed by atoms with Crippen LogP contribution in [0.25, 0.3) is 0 Å². The molecular weight excluding hydrogens is 103 g/mol. The second-order valence-corrected chi connectivity index (χ2v) is 1.35. The normalized spacial score (nSPS) is 6.43. The monoisotopic (exact) mass is 116 g/mol. The summed E-state index contributed by atoms with van der Waals surface area (Å²) in [6.45, 7) is 4.42. The topological polar surface area (TPSA) is 17.1 Å². The Morgan fingerprint density at radius 2 is 1.43 bits per heavy atom. The molecule has 0 rings (SSSR count). The van der Waals surface area contributed by atoms with Gasteiger partial charge in [-0.15, -0.1) is 0 Å². The molecule has 42 valence electrons. The van der Waals surface area contributed by atoms with Gasteiger partial charge in [-0.1, -0.05) is 33.1 Å². The van der Waals surface area contributed by atoms with Crippen molar-refractivity contribution in [1.82, 2.24) is 0 Å². The number of hydrogen-bond donors (Lipinski definition) is 0. The van der Waals surface area contributed by atoms with Crippen LogP contribution in [-0.4, -0.2) is 16.2 Å². The van der Waals surface area contributed by atoms with Gasteiger partial charge in [0.15, 0.2) is 0 Å². The Morgan fingerprint density at radius 1 is 1.14 bits per heavy atom. The van der Waals surface area contributed by atoms with Crippen molar-refractivity contribution >= 4 is 16.2 Å². The Bertz CT molecular complexity index is 22.0. The first kappa shape index (κ1) is 10.3. The maximum absolute atomic E-state index is 8.28. The molecule has 0 aliphatic carbocycles. The van der Waals surface area contributed by atoms with Crippen LogP contribution < -0.4 is 0 Å². The van der Waals surface area contributed by atoms with E-state index in [-0.39, 0.29) is 0 Å². The minimum atomic E-state index is 0.611. The van der Waals surface area contributed by atoms with E-state index in [1.54, 1.807) is 0 Å². The predicted octanol–water partition coefficient (Wildman–Crippen LogP) is 1.43. The van der Waals surface area contributed by atoms with Gasteiger partial charge in [0.05, 0.1) is 0 Å². The molecule has 2 heteroatoms. The summed E-state index contributed by atoms with van der Waals surface area (Å²) in [5, 5.41) is 0.